The number of rotatable bonds is 2. The highest BCUT2D eigenvalue weighted by atomic mass is 19.1. The molecule has 2 saturated carbocycles. The molecule has 4 aliphatic rings. The van der Waals surface area contributed by atoms with Crippen LogP contribution >= 0.6 is 0 Å². The van der Waals surface area contributed by atoms with Gasteiger partial charge in [-0.1, -0.05) is 19.9 Å². The van der Waals surface area contributed by atoms with Crippen molar-refractivity contribution in [3.05, 3.63) is 34.9 Å². The van der Waals surface area contributed by atoms with Crippen LogP contribution in [0.5, 0.6) is 0 Å². The summed E-state index contributed by atoms with van der Waals surface area (Å²) in [6, 6.07) is 7.71. The lowest BCUT2D eigenvalue weighted by Crippen LogP contribution is -2.56. The molecule has 0 aromatic heterocycles. The van der Waals surface area contributed by atoms with Gasteiger partial charge in [-0.25, -0.2) is 9.38 Å². The largest absolute Gasteiger partial charge is 0.393 e. The highest BCUT2D eigenvalue weighted by molar-refractivity contribution is 6.08. The van der Waals surface area contributed by atoms with Gasteiger partial charge in [-0.05, 0) is 80.0 Å². The van der Waals surface area contributed by atoms with Gasteiger partial charge < -0.3 is 10.8 Å². The molecule has 6 nitrogen and oxygen atoms in total. The fourth-order valence-corrected chi connectivity index (χ4v) is 7.28. The third-order valence-electron chi connectivity index (χ3n) is 8.50. The summed E-state index contributed by atoms with van der Waals surface area (Å²) in [6.45, 7) is 6.02. The summed E-state index contributed by atoms with van der Waals surface area (Å²) in [5.74, 6) is 0.108. The van der Waals surface area contributed by atoms with Gasteiger partial charge in [0.05, 0.1) is 17.7 Å². The van der Waals surface area contributed by atoms with Crippen molar-refractivity contribution < 1.29 is 14.3 Å². The zero-order valence-electron chi connectivity index (χ0n) is 18.9. The topological polar surface area (TPSA) is 103 Å². The van der Waals surface area contributed by atoms with Crippen molar-refractivity contribution in [1.82, 2.24) is 4.90 Å². The zero-order chi connectivity index (χ0) is 23.1. The number of benzene rings is 1. The van der Waals surface area contributed by atoms with Crippen LogP contribution in [0.25, 0.3) is 0 Å². The van der Waals surface area contributed by atoms with Gasteiger partial charge in [0.2, 0.25) is 0 Å². The molecule has 170 valence electrons. The van der Waals surface area contributed by atoms with Crippen LogP contribution in [0.15, 0.2) is 23.2 Å². The van der Waals surface area contributed by atoms with Gasteiger partial charge in [-0.15, -0.1) is 0 Å². The molecule has 3 N–H and O–H groups in total. The first-order chi connectivity index (χ1) is 15.0. The third-order valence-corrected chi connectivity index (χ3v) is 8.50. The molecule has 1 aromatic carbocycles. The minimum absolute atomic E-state index is 0.0116. The molecule has 1 aromatic rings. The molecule has 7 heteroatoms. The highest BCUT2D eigenvalue weighted by Gasteiger charge is 2.68. The van der Waals surface area contributed by atoms with Crippen molar-refractivity contribution in [2.24, 2.45) is 33.9 Å². The summed E-state index contributed by atoms with van der Waals surface area (Å²) < 4.78 is 14.1. The first kappa shape index (κ1) is 21.4. The number of hydrogen-bond acceptors (Lipinski definition) is 5. The maximum absolute atomic E-state index is 14.2. The van der Waals surface area contributed by atoms with Gasteiger partial charge >= 0.3 is 0 Å². The Morgan fingerprint density at radius 2 is 1.94 bits per heavy atom. The van der Waals surface area contributed by atoms with E-state index in [1.165, 1.54) is 0 Å². The monoisotopic (exact) mass is 438 g/mol. The molecule has 0 radical (unpaired) electrons. The number of aliphatic hydroxyl groups is 1. The predicted octanol–water partition coefficient (Wildman–Crippen LogP) is 3.02. The Morgan fingerprint density at radius 3 is 2.53 bits per heavy atom. The number of nitrogens with zero attached hydrogens (tertiary/aromatic N) is 3. The van der Waals surface area contributed by atoms with Crippen LogP contribution in [0, 0.1) is 34.5 Å². The molecular formula is C25H31FN4O2. The van der Waals surface area contributed by atoms with E-state index in [1.54, 1.807) is 24.0 Å². The molecule has 1 heterocycles. The quantitative estimate of drug-likeness (QED) is 0.741. The molecule has 3 aliphatic carbocycles. The van der Waals surface area contributed by atoms with Gasteiger partial charge in [-0.2, -0.15) is 5.26 Å². The molecule has 32 heavy (non-hydrogen) atoms. The van der Waals surface area contributed by atoms with Gasteiger partial charge in [0.25, 0.3) is 5.91 Å². The lowest BCUT2D eigenvalue weighted by Gasteiger charge is -2.49. The molecule has 0 unspecified atom stereocenters. The van der Waals surface area contributed by atoms with Crippen LogP contribution in [0.4, 0.5) is 4.39 Å². The van der Waals surface area contributed by atoms with Crippen LogP contribution in [0.3, 0.4) is 0 Å². The number of alkyl halides is 1. The van der Waals surface area contributed by atoms with E-state index in [1.807, 2.05) is 19.9 Å². The standard InChI is InChI=1S/C25H31FN4O2/c1-14-7-24(8-15(2)20(14)31)11-18-5-4-16(12-27)6-19(18)25(24)21(32)30(22(28)29-25)13-17-9-23(3,26)10-17/h4-6,14-15,17,20,31H,7-11,13H2,1-3H3,(H2,28,29)/t14-,15+,17?,20+,23?,24+,25-/m1/s1. The number of aliphatic hydroxyl groups excluding tert-OH is 1. The lowest BCUT2D eigenvalue weighted by atomic mass is 9.56. The number of carbonyl (C=O) groups excluding carboxylic acids is 1. The molecule has 1 amide bonds. The Morgan fingerprint density at radius 1 is 1.28 bits per heavy atom. The maximum atomic E-state index is 14.2. The summed E-state index contributed by atoms with van der Waals surface area (Å²) in [6.07, 6.45) is 2.37. The van der Waals surface area contributed by atoms with E-state index in [0.717, 1.165) is 11.1 Å². The van der Waals surface area contributed by atoms with E-state index >= 15 is 0 Å². The lowest BCUT2D eigenvalue weighted by molar-refractivity contribution is -0.142. The van der Waals surface area contributed by atoms with Crippen LogP contribution in [0.1, 0.15) is 63.1 Å². The van der Waals surface area contributed by atoms with Crippen molar-refractivity contribution in [2.45, 2.75) is 70.2 Å². The van der Waals surface area contributed by atoms with Crippen molar-refractivity contribution >= 4 is 11.9 Å². The van der Waals surface area contributed by atoms with E-state index in [0.29, 0.717) is 44.2 Å². The molecule has 0 saturated heterocycles. The van der Waals surface area contributed by atoms with E-state index in [9.17, 15) is 19.6 Å². The predicted molar refractivity (Wildman–Crippen MR) is 118 cm³/mol. The second kappa shape index (κ2) is 6.77. The van der Waals surface area contributed by atoms with Crippen LogP contribution < -0.4 is 5.73 Å². The molecule has 0 bridgehead atoms. The molecule has 1 aliphatic heterocycles. The van der Waals surface area contributed by atoms with Crippen molar-refractivity contribution in [2.75, 3.05) is 6.54 Å². The number of halogens is 1. The molecule has 5 atom stereocenters. The second-order valence-electron chi connectivity index (χ2n) is 11.1. The molecule has 5 rings (SSSR count). The number of hydrogen-bond donors (Lipinski definition) is 2. The summed E-state index contributed by atoms with van der Waals surface area (Å²) in [7, 11) is 0. The zero-order valence-corrected chi connectivity index (χ0v) is 18.9. The average Bonchev–Trinajstić information content (AvgIpc) is 3.11. The smallest absolute Gasteiger partial charge is 0.262 e. The minimum Gasteiger partial charge on any atom is -0.393 e. The summed E-state index contributed by atoms with van der Waals surface area (Å²) >= 11 is 0. The first-order valence-corrected chi connectivity index (χ1v) is 11.6. The second-order valence-corrected chi connectivity index (χ2v) is 11.1. The minimum atomic E-state index is -1.19. The van der Waals surface area contributed by atoms with Crippen molar-refractivity contribution in [3.8, 4) is 6.07 Å². The van der Waals surface area contributed by atoms with Crippen LogP contribution in [-0.2, 0) is 16.8 Å². The van der Waals surface area contributed by atoms with Crippen molar-refractivity contribution in [1.29, 1.82) is 5.26 Å². The van der Waals surface area contributed by atoms with E-state index in [4.69, 9.17) is 10.7 Å². The summed E-state index contributed by atoms with van der Waals surface area (Å²) in [5, 5.41) is 20.2. The van der Waals surface area contributed by atoms with Gasteiger partial charge in [-0.3, -0.25) is 9.69 Å². The number of carbonyl (C=O) groups is 1. The maximum Gasteiger partial charge on any atom is 0.262 e. The van der Waals surface area contributed by atoms with E-state index in [-0.39, 0.29) is 29.6 Å². The fourth-order valence-electron chi connectivity index (χ4n) is 7.28. The van der Waals surface area contributed by atoms with Crippen molar-refractivity contribution in [3.63, 3.8) is 0 Å². The Labute approximate surface area is 188 Å². The summed E-state index contributed by atoms with van der Waals surface area (Å²) in [5.41, 5.74) is 5.79. The average molecular weight is 439 g/mol. The number of amides is 1. The van der Waals surface area contributed by atoms with Gasteiger partial charge in [0.15, 0.2) is 11.5 Å². The number of nitrogens with two attached hydrogens (primary N) is 1. The molecule has 2 fully saturated rings. The Hall–Kier alpha value is -2.46. The van der Waals surface area contributed by atoms with Gasteiger partial charge in [0, 0.05) is 12.0 Å². The number of guanidine groups is 1. The van der Waals surface area contributed by atoms with Crippen LogP contribution in [0.2, 0.25) is 0 Å². The Bertz CT molecular complexity index is 1040. The first-order valence-electron chi connectivity index (χ1n) is 11.6. The van der Waals surface area contributed by atoms with E-state index in [2.05, 4.69) is 6.07 Å². The van der Waals surface area contributed by atoms with Crippen LogP contribution in [-0.4, -0.2) is 40.2 Å². The van der Waals surface area contributed by atoms with E-state index < -0.39 is 22.7 Å². The van der Waals surface area contributed by atoms with Gasteiger partial charge in [0.1, 0.15) is 5.67 Å². The Balaban J connectivity index is 1.60. The summed E-state index contributed by atoms with van der Waals surface area (Å²) in [4.78, 5) is 20.7. The normalized spacial score (nSPS) is 42.7. The molecular weight excluding hydrogens is 407 g/mol. The highest BCUT2D eigenvalue weighted by Crippen LogP contribution is 2.63. The third kappa shape index (κ3) is 2.78. The number of fused-ring (bicyclic) bond motifs is 3. The number of nitriles is 1. The SMILES string of the molecule is C[C@@H]1C[C@@]2(Cc3ccc(C#N)cc3[C@]23N=C(N)N(CC2CC(C)(F)C2)C3=O)C[C@H](C)[C@H]1O. The molecule has 2 spiro atoms. The fraction of sp³-hybridized carbons (Fsp3) is 0.640. The Kier molecular flexibility index (Phi) is 4.53. The number of aliphatic imine (C=N–C) groups is 1.